The van der Waals surface area contributed by atoms with Crippen LogP contribution in [0.2, 0.25) is 0 Å². The molecule has 1 aromatic heterocycles. The zero-order valence-corrected chi connectivity index (χ0v) is 6.47. The fourth-order valence-corrected chi connectivity index (χ4v) is 1.00. The molecule has 6 heteroatoms. The molecule has 0 N–H and O–H groups in total. The fraction of sp³-hybridized carbons (Fsp3) is 0.200. The van der Waals surface area contributed by atoms with Gasteiger partial charge >= 0.3 is 0 Å². The second-order valence-electron chi connectivity index (χ2n) is 1.93. The Kier molecular flexibility index (Phi) is 1.86. The highest BCUT2D eigenvalue weighted by molar-refractivity contribution is 7.90. The first-order valence-corrected chi connectivity index (χ1v) is 4.58. The van der Waals surface area contributed by atoms with E-state index >= 15 is 0 Å². The summed E-state index contributed by atoms with van der Waals surface area (Å²) in [5.74, 6) is -0.847. The van der Waals surface area contributed by atoms with Gasteiger partial charge in [-0.2, -0.15) is 9.37 Å². The lowest BCUT2D eigenvalue weighted by Gasteiger charge is -1.93. The molecule has 0 bridgehead atoms. The Balaban J connectivity index is 3.28. The molecule has 0 aliphatic heterocycles. The molecule has 11 heavy (non-hydrogen) atoms. The maximum Gasteiger partial charge on any atom is 0.249 e. The van der Waals surface area contributed by atoms with E-state index in [4.69, 9.17) is 0 Å². The topological polar surface area (TPSA) is 59.9 Å². The molecular formula is C5H5FN2O2S. The van der Waals surface area contributed by atoms with Crippen LogP contribution in [0.4, 0.5) is 4.39 Å². The third-order valence-electron chi connectivity index (χ3n) is 0.931. The second kappa shape index (κ2) is 2.54. The maximum absolute atomic E-state index is 12.3. The summed E-state index contributed by atoms with van der Waals surface area (Å²) in [6.07, 6.45) is 1.97. The van der Waals surface area contributed by atoms with Gasteiger partial charge in [0, 0.05) is 18.5 Å². The van der Waals surface area contributed by atoms with E-state index in [2.05, 4.69) is 9.97 Å². The van der Waals surface area contributed by atoms with Gasteiger partial charge in [0.25, 0.3) is 0 Å². The molecule has 60 valence electrons. The van der Waals surface area contributed by atoms with Crippen molar-refractivity contribution in [1.82, 2.24) is 9.97 Å². The summed E-state index contributed by atoms with van der Waals surface area (Å²) in [7, 11) is -3.49. The van der Waals surface area contributed by atoms with Crippen molar-refractivity contribution in [1.29, 1.82) is 0 Å². The lowest BCUT2D eigenvalue weighted by atomic mass is 10.7. The monoisotopic (exact) mass is 176 g/mol. The van der Waals surface area contributed by atoms with Crippen molar-refractivity contribution in [3.63, 3.8) is 0 Å². The van der Waals surface area contributed by atoms with Gasteiger partial charge in [0.2, 0.25) is 20.9 Å². The largest absolute Gasteiger partial charge is 0.249 e. The van der Waals surface area contributed by atoms with Crippen LogP contribution in [-0.4, -0.2) is 24.6 Å². The van der Waals surface area contributed by atoms with Crippen LogP contribution in [0.25, 0.3) is 0 Å². The Morgan fingerprint density at radius 2 is 2.18 bits per heavy atom. The van der Waals surface area contributed by atoms with Crippen LogP contribution >= 0.6 is 0 Å². The molecule has 0 saturated heterocycles. The van der Waals surface area contributed by atoms with Gasteiger partial charge < -0.3 is 0 Å². The average molecular weight is 176 g/mol. The fourth-order valence-electron chi connectivity index (χ4n) is 0.499. The first-order valence-electron chi connectivity index (χ1n) is 2.69. The van der Waals surface area contributed by atoms with Crippen molar-refractivity contribution in [3.05, 3.63) is 18.2 Å². The van der Waals surface area contributed by atoms with Crippen LogP contribution in [-0.2, 0) is 9.84 Å². The predicted molar refractivity (Wildman–Crippen MR) is 35.1 cm³/mol. The summed E-state index contributed by atoms with van der Waals surface area (Å²) >= 11 is 0. The van der Waals surface area contributed by atoms with E-state index in [0.717, 1.165) is 18.5 Å². The van der Waals surface area contributed by atoms with E-state index in [1.165, 1.54) is 0 Å². The average Bonchev–Trinajstić information content (AvgIpc) is 1.86. The number of aromatic nitrogens is 2. The minimum atomic E-state index is -3.49. The highest BCUT2D eigenvalue weighted by Crippen LogP contribution is 1.99. The number of halogens is 1. The Bertz CT molecular complexity index is 363. The van der Waals surface area contributed by atoms with Gasteiger partial charge in [-0.05, 0) is 0 Å². The van der Waals surface area contributed by atoms with Crippen molar-refractivity contribution in [2.45, 2.75) is 5.16 Å². The molecule has 0 saturated carbocycles. The molecule has 0 aliphatic rings. The van der Waals surface area contributed by atoms with E-state index in [0.29, 0.717) is 0 Å². The van der Waals surface area contributed by atoms with Gasteiger partial charge in [-0.25, -0.2) is 13.4 Å². The molecule has 0 amide bonds. The van der Waals surface area contributed by atoms with Crippen LogP contribution in [0.1, 0.15) is 0 Å². The Morgan fingerprint density at radius 3 is 2.55 bits per heavy atom. The van der Waals surface area contributed by atoms with Crippen molar-refractivity contribution < 1.29 is 12.8 Å². The zero-order valence-electron chi connectivity index (χ0n) is 5.65. The standard InChI is InChI=1S/C5H5FN2O2S/c1-11(9,10)5-7-3-2-4(6)8-5/h2-3H,1H3. The number of sulfone groups is 1. The van der Waals surface area contributed by atoms with Gasteiger partial charge in [-0.15, -0.1) is 0 Å². The van der Waals surface area contributed by atoms with Crippen LogP contribution in [0.3, 0.4) is 0 Å². The van der Waals surface area contributed by atoms with Crippen molar-refractivity contribution in [3.8, 4) is 0 Å². The molecular weight excluding hydrogens is 171 g/mol. The van der Waals surface area contributed by atoms with Crippen LogP contribution in [0, 0.1) is 5.95 Å². The SMILES string of the molecule is CS(=O)(=O)c1nccc(F)n1. The Hall–Kier alpha value is -1.04. The summed E-state index contributed by atoms with van der Waals surface area (Å²) in [4.78, 5) is 6.45. The number of hydrogen-bond acceptors (Lipinski definition) is 4. The molecule has 1 aromatic rings. The molecule has 0 fully saturated rings. The molecule has 0 unspecified atom stereocenters. The summed E-state index contributed by atoms with van der Waals surface area (Å²) in [6.45, 7) is 0. The molecule has 0 aliphatic carbocycles. The molecule has 0 atom stereocenters. The number of rotatable bonds is 1. The lowest BCUT2D eigenvalue weighted by Crippen LogP contribution is -2.04. The van der Waals surface area contributed by atoms with Crippen molar-refractivity contribution in [2.24, 2.45) is 0 Å². The third-order valence-corrected chi connectivity index (χ3v) is 1.79. The Morgan fingerprint density at radius 1 is 1.55 bits per heavy atom. The van der Waals surface area contributed by atoms with Crippen molar-refractivity contribution >= 4 is 9.84 Å². The second-order valence-corrected chi connectivity index (χ2v) is 3.84. The highest BCUT2D eigenvalue weighted by Gasteiger charge is 2.10. The van der Waals surface area contributed by atoms with E-state index < -0.39 is 20.9 Å². The first kappa shape index (κ1) is 8.06. The van der Waals surface area contributed by atoms with Crippen molar-refractivity contribution in [2.75, 3.05) is 6.26 Å². The smallest absolute Gasteiger partial charge is 0.227 e. The van der Waals surface area contributed by atoms with Gasteiger partial charge in [0.15, 0.2) is 0 Å². The number of nitrogens with zero attached hydrogens (tertiary/aromatic N) is 2. The number of hydrogen-bond donors (Lipinski definition) is 0. The molecule has 0 spiro atoms. The Labute approximate surface area is 63.0 Å². The molecule has 1 heterocycles. The maximum atomic E-state index is 12.3. The summed E-state index contributed by atoms with van der Waals surface area (Å²) in [5, 5.41) is -0.488. The minimum Gasteiger partial charge on any atom is -0.227 e. The predicted octanol–water partition coefficient (Wildman–Crippen LogP) is 0.0192. The van der Waals surface area contributed by atoms with Gasteiger partial charge in [0.05, 0.1) is 0 Å². The molecule has 0 aromatic carbocycles. The first-order chi connectivity index (χ1) is 5.00. The molecule has 4 nitrogen and oxygen atoms in total. The van der Waals surface area contributed by atoms with Crippen LogP contribution in [0.5, 0.6) is 0 Å². The molecule has 0 radical (unpaired) electrons. The zero-order chi connectivity index (χ0) is 8.48. The van der Waals surface area contributed by atoms with E-state index in [9.17, 15) is 12.8 Å². The van der Waals surface area contributed by atoms with Crippen LogP contribution in [0.15, 0.2) is 17.4 Å². The quantitative estimate of drug-likeness (QED) is 0.447. The summed E-state index contributed by atoms with van der Waals surface area (Å²) < 4.78 is 33.7. The van der Waals surface area contributed by atoms with Crippen LogP contribution < -0.4 is 0 Å². The summed E-state index contributed by atoms with van der Waals surface area (Å²) in [5.41, 5.74) is 0. The normalized spacial score (nSPS) is 11.5. The van der Waals surface area contributed by atoms with Gasteiger partial charge in [-0.1, -0.05) is 0 Å². The third kappa shape index (κ3) is 1.94. The highest BCUT2D eigenvalue weighted by atomic mass is 32.2. The van der Waals surface area contributed by atoms with E-state index in [1.54, 1.807) is 0 Å². The summed E-state index contributed by atoms with van der Waals surface area (Å²) in [6, 6.07) is 0.981. The van der Waals surface area contributed by atoms with Gasteiger partial charge in [0.1, 0.15) is 0 Å². The molecule has 1 rings (SSSR count). The van der Waals surface area contributed by atoms with E-state index in [1.807, 2.05) is 0 Å². The van der Waals surface area contributed by atoms with E-state index in [-0.39, 0.29) is 0 Å². The lowest BCUT2D eigenvalue weighted by molar-refractivity contribution is 0.547. The minimum absolute atomic E-state index is 0.488. The van der Waals surface area contributed by atoms with Gasteiger partial charge in [-0.3, -0.25) is 0 Å².